The largest absolute Gasteiger partial charge is 0.425 e. The maximum atomic E-state index is 12.7. The molecule has 10 heteroatoms. The van der Waals surface area contributed by atoms with Gasteiger partial charge in [0, 0.05) is 44.4 Å². The molecule has 242 valence electrons. The summed E-state index contributed by atoms with van der Waals surface area (Å²) in [6.45, 7) is 16.4. The van der Waals surface area contributed by atoms with Gasteiger partial charge in [-0.1, -0.05) is 52.6 Å². The molecule has 2 saturated carbocycles. The van der Waals surface area contributed by atoms with Gasteiger partial charge in [0.2, 0.25) is 12.1 Å². The summed E-state index contributed by atoms with van der Waals surface area (Å²) in [6, 6.07) is 0. The maximum Gasteiger partial charge on any atom is 0.354 e. The van der Waals surface area contributed by atoms with Crippen LogP contribution in [0.15, 0.2) is 10.7 Å². The van der Waals surface area contributed by atoms with Crippen LogP contribution in [-0.4, -0.2) is 78.2 Å². The molecule has 7 fully saturated rings. The van der Waals surface area contributed by atoms with E-state index < -0.39 is 29.9 Å². The number of carbonyl (C=O) groups is 1. The third kappa shape index (κ3) is 5.08. The maximum absolute atomic E-state index is 12.7. The molecule has 43 heavy (non-hydrogen) atoms. The van der Waals surface area contributed by atoms with Crippen LogP contribution in [0.2, 0.25) is 0 Å². The van der Waals surface area contributed by atoms with Crippen molar-refractivity contribution in [1.82, 2.24) is 9.80 Å². The van der Waals surface area contributed by atoms with Crippen LogP contribution in [0, 0.1) is 41.4 Å². The zero-order valence-corrected chi connectivity index (χ0v) is 27.5. The van der Waals surface area contributed by atoms with Crippen molar-refractivity contribution in [2.75, 3.05) is 26.2 Å². The van der Waals surface area contributed by atoms with E-state index in [1.165, 1.54) is 12.8 Å². The summed E-state index contributed by atoms with van der Waals surface area (Å²) in [5.41, 5.74) is 0.135. The lowest BCUT2D eigenvalue weighted by molar-refractivity contribution is -0.574. The van der Waals surface area contributed by atoms with Crippen LogP contribution in [0.3, 0.4) is 0 Å². The van der Waals surface area contributed by atoms with E-state index in [1.807, 2.05) is 6.92 Å². The summed E-state index contributed by atoms with van der Waals surface area (Å²) in [4.78, 5) is 29.7. The molecule has 12 atom stereocenters. The zero-order chi connectivity index (χ0) is 30.3. The Hall–Kier alpha value is -0.940. The standard InChI is InChI=1S/C33H51ClN2O7/c1-18(2)22-9-7-19(3)17-25(22)38-30-27(26(34)29(37)40-30)35-13-15-36(16-14-35)28-21(5)24-10-8-20(4)23-11-12-32(6)41-31(39-28)33(23,24)43-42-32/h18-25,28,30-31H,7-17H2,1-6H3/t19?,20-,21-,22?,23+,24+,25?,28-,30+,31-,32-,33-/m1/s1. The van der Waals surface area contributed by atoms with Crippen LogP contribution < -0.4 is 0 Å². The van der Waals surface area contributed by atoms with Crippen LogP contribution in [0.4, 0.5) is 0 Å². The quantitative estimate of drug-likeness (QED) is 0.287. The molecule has 0 amide bonds. The molecule has 9 nitrogen and oxygen atoms in total. The third-order valence-corrected chi connectivity index (χ3v) is 12.6. The van der Waals surface area contributed by atoms with E-state index in [9.17, 15) is 4.79 Å². The molecular formula is C33H51ClN2O7. The Kier molecular flexibility index (Phi) is 8.13. The second kappa shape index (κ2) is 11.4. The Balaban J connectivity index is 1.06. The molecule has 0 aromatic carbocycles. The highest BCUT2D eigenvalue weighted by Crippen LogP contribution is 2.60. The average molecular weight is 623 g/mol. The Morgan fingerprint density at radius 2 is 1.74 bits per heavy atom. The van der Waals surface area contributed by atoms with Gasteiger partial charge in [-0.15, -0.1) is 0 Å². The number of halogens is 1. The Bertz CT molecular complexity index is 1110. The first kappa shape index (κ1) is 30.7. The van der Waals surface area contributed by atoms with Crippen molar-refractivity contribution in [3.8, 4) is 0 Å². The molecule has 2 aliphatic carbocycles. The van der Waals surface area contributed by atoms with Gasteiger partial charge in [0.25, 0.3) is 0 Å². The Labute approximate surface area is 261 Å². The van der Waals surface area contributed by atoms with Crippen LogP contribution in [0.25, 0.3) is 0 Å². The van der Waals surface area contributed by atoms with Crippen LogP contribution in [0.1, 0.15) is 86.5 Å². The Morgan fingerprint density at radius 3 is 2.49 bits per heavy atom. The van der Waals surface area contributed by atoms with E-state index in [4.69, 9.17) is 40.3 Å². The van der Waals surface area contributed by atoms with Gasteiger partial charge in [0.15, 0.2) is 16.9 Å². The molecule has 6 heterocycles. The van der Waals surface area contributed by atoms with Crippen molar-refractivity contribution in [3.63, 3.8) is 0 Å². The van der Waals surface area contributed by atoms with Gasteiger partial charge in [0.05, 0.1) is 6.10 Å². The van der Waals surface area contributed by atoms with Crippen LogP contribution in [-0.2, 0) is 33.5 Å². The van der Waals surface area contributed by atoms with Crippen molar-refractivity contribution >= 4 is 17.6 Å². The van der Waals surface area contributed by atoms with Gasteiger partial charge in [-0.25, -0.2) is 14.6 Å². The molecule has 2 bridgehead atoms. The summed E-state index contributed by atoms with van der Waals surface area (Å²) in [6.07, 6.45) is 6.20. The van der Waals surface area contributed by atoms with Crippen molar-refractivity contribution in [3.05, 3.63) is 10.7 Å². The number of nitrogens with zero attached hydrogens (tertiary/aromatic N) is 2. The van der Waals surface area contributed by atoms with Gasteiger partial charge in [0.1, 0.15) is 11.9 Å². The highest BCUT2D eigenvalue weighted by Gasteiger charge is 2.69. The highest BCUT2D eigenvalue weighted by molar-refractivity contribution is 6.42. The predicted molar refractivity (Wildman–Crippen MR) is 159 cm³/mol. The Morgan fingerprint density at radius 1 is 0.977 bits per heavy atom. The lowest BCUT2D eigenvalue weighted by Crippen LogP contribution is -2.72. The van der Waals surface area contributed by atoms with Crippen LogP contribution >= 0.6 is 11.6 Å². The van der Waals surface area contributed by atoms with E-state index in [0.29, 0.717) is 54.3 Å². The van der Waals surface area contributed by atoms with Crippen molar-refractivity contribution < 1.29 is 33.5 Å². The van der Waals surface area contributed by atoms with Crippen molar-refractivity contribution in [2.24, 2.45) is 41.4 Å². The second-order valence-corrected chi connectivity index (χ2v) is 15.6. The molecule has 6 aliphatic heterocycles. The highest BCUT2D eigenvalue weighted by atomic mass is 35.5. The van der Waals surface area contributed by atoms with E-state index in [1.54, 1.807) is 0 Å². The number of fused-ring (bicyclic) bond motifs is 2. The second-order valence-electron chi connectivity index (χ2n) is 15.3. The number of piperazine rings is 1. The summed E-state index contributed by atoms with van der Waals surface area (Å²) >= 11 is 6.62. The molecule has 3 unspecified atom stereocenters. The SMILES string of the molecule is CC1CCC(C(C)C)C(O[C@H]2OC(=O)C(Cl)=C2N2CCN([C@@H]3O[C@@H]4O[C@@]5(C)CC[C@H]6[C@H](C)CC[C@@H]([C@H]3C)[C@@]46OO5)CC2)C1. The minimum Gasteiger partial charge on any atom is -0.425 e. The number of esters is 1. The lowest BCUT2D eigenvalue weighted by atomic mass is 9.58. The third-order valence-electron chi connectivity index (χ3n) is 12.2. The molecule has 8 aliphatic rings. The summed E-state index contributed by atoms with van der Waals surface area (Å²) in [7, 11) is 0. The molecule has 0 radical (unpaired) electrons. The molecule has 8 rings (SSSR count). The van der Waals surface area contributed by atoms with Gasteiger partial charge in [-0.05, 0) is 68.6 Å². The number of rotatable bonds is 5. The zero-order valence-electron chi connectivity index (χ0n) is 26.8. The number of hydrogen-bond acceptors (Lipinski definition) is 9. The van der Waals surface area contributed by atoms with E-state index in [0.717, 1.165) is 45.2 Å². The summed E-state index contributed by atoms with van der Waals surface area (Å²) in [5, 5.41) is 0.156. The smallest absolute Gasteiger partial charge is 0.354 e. The molecule has 5 saturated heterocycles. The fourth-order valence-corrected chi connectivity index (χ4v) is 10.00. The predicted octanol–water partition coefficient (Wildman–Crippen LogP) is 5.62. The fraction of sp³-hybridized carbons (Fsp3) is 0.909. The fourth-order valence-electron chi connectivity index (χ4n) is 9.74. The van der Waals surface area contributed by atoms with Crippen molar-refractivity contribution in [2.45, 2.75) is 123 Å². The monoisotopic (exact) mass is 622 g/mol. The number of cyclic esters (lactones) is 1. The molecule has 0 aromatic heterocycles. The van der Waals surface area contributed by atoms with Gasteiger partial charge in [-0.2, -0.15) is 0 Å². The molecular weight excluding hydrogens is 572 g/mol. The molecule has 0 N–H and O–H groups in total. The minimum atomic E-state index is -0.778. The van der Waals surface area contributed by atoms with Crippen molar-refractivity contribution in [1.29, 1.82) is 0 Å². The normalized spacial score (nSPS) is 48.8. The number of ether oxygens (including phenoxy) is 4. The summed E-state index contributed by atoms with van der Waals surface area (Å²) in [5.74, 6) is 1.72. The van der Waals surface area contributed by atoms with E-state index >= 15 is 0 Å². The summed E-state index contributed by atoms with van der Waals surface area (Å²) < 4.78 is 25.8. The van der Waals surface area contributed by atoms with Gasteiger partial charge in [-0.3, -0.25) is 4.90 Å². The van der Waals surface area contributed by atoms with E-state index in [-0.39, 0.29) is 23.3 Å². The van der Waals surface area contributed by atoms with Gasteiger partial charge < -0.3 is 23.8 Å². The lowest BCUT2D eigenvalue weighted by Gasteiger charge is -2.61. The molecule has 1 spiro atoms. The first-order valence-electron chi connectivity index (χ1n) is 17.0. The first-order valence-corrected chi connectivity index (χ1v) is 17.3. The number of hydrogen-bond donors (Lipinski definition) is 0. The minimum absolute atomic E-state index is 0.0502. The van der Waals surface area contributed by atoms with E-state index in [2.05, 4.69) is 44.4 Å². The average Bonchev–Trinajstić information content (AvgIpc) is 3.08. The first-order chi connectivity index (χ1) is 20.5. The van der Waals surface area contributed by atoms with Gasteiger partial charge >= 0.3 is 5.97 Å². The number of carbonyl (C=O) groups excluding carboxylic acids is 1. The topological polar surface area (TPSA) is 78.9 Å². The van der Waals surface area contributed by atoms with Crippen LogP contribution in [0.5, 0.6) is 0 Å². The molecule has 0 aromatic rings.